The van der Waals surface area contributed by atoms with Gasteiger partial charge in [0.25, 0.3) is 5.91 Å². The highest BCUT2D eigenvalue weighted by atomic mass is 16.2. The summed E-state index contributed by atoms with van der Waals surface area (Å²) in [6, 6.07) is 7.68. The molecule has 1 fully saturated rings. The number of carbonyl (C=O) groups is 2. The third kappa shape index (κ3) is 5.89. The monoisotopic (exact) mass is 314 g/mol. The van der Waals surface area contributed by atoms with Gasteiger partial charge in [-0.1, -0.05) is 26.0 Å². The number of likely N-dealkylation sites (N-methyl/N-ethyl adjacent to an activating group) is 1. The maximum absolute atomic E-state index is 12.0. The second-order valence-corrected chi connectivity index (χ2v) is 6.65. The van der Waals surface area contributed by atoms with Crippen molar-refractivity contribution >= 4 is 17.9 Å². The molecule has 1 saturated carbocycles. The van der Waals surface area contributed by atoms with Crippen molar-refractivity contribution in [2.45, 2.75) is 39.2 Å². The molecular weight excluding hydrogens is 288 g/mol. The smallest absolute Gasteiger partial charge is 0.251 e. The molecule has 1 aliphatic carbocycles. The Morgan fingerprint density at radius 1 is 1.26 bits per heavy atom. The van der Waals surface area contributed by atoms with E-state index in [1.54, 1.807) is 29.2 Å². The molecule has 0 aromatic heterocycles. The summed E-state index contributed by atoms with van der Waals surface area (Å²) in [4.78, 5) is 25.6. The molecule has 124 valence electrons. The Morgan fingerprint density at radius 2 is 1.91 bits per heavy atom. The Hall–Kier alpha value is -2.10. The summed E-state index contributed by atoms with van der Waals surface area (Å²) in [6.07, 6.45) is 6.54. The van der Waals surface area contributed by atoms with Gasteiger partial charge in [0.05, 0.1) is 0 Å². The first kappa shape index (κ1) is 17.3. The number of rotatable bonds is 7. The Labute approximate surface area is 138 Å². The number of hydrogen-bond acceptors (Lipinski definition) is 2. The van der Waals surface area contributed by atoms with Crippen LogP contribution < -0.4 is 5.32 Å². The first-order chi connectivity index (χ1) is 11.0. The fourth-order valence-corrected chi connectivity index (χ4v) is 2.10. The van der Waals surface area contributed by atoms with Crippen LogP contribution in [0.4, 0.5) is 0 Å². The lowest BCUT2D eigenvalue weighted by atomic mass is 10.1. The van der Waals surface area contributed by atoms with Crippen LogP contribution in [0.1, 0.15) is 49.0 Å². The van der Waals surface area contributed by atoms with Crippen LogP contribution in [0.5, 0.6) is 0 Å². The van der Waals surface area contributed by atoms with E-state index >= 15 is 0 Å². The van der Waals surface area contributed by atoms with Gasteiger partial charge >= 0.3 is 0 Å². The molecule has 23 heavy (non-hydrogen) atoms. The van der Waals surface area contributed by atoms with Crippen LogP contribution in [0.15, 0.2) is 30.3 Å². The second-order valence-electron chi connectivity index (χ2n) is 6.65. The van der Waals surface area contributed by atoms with Crippen molar-refractivity contribution in [3.8, 4) is 0 Å². The zero-order chi connectivity index (χ0) is 16.8. The van der Waals surface area contributed by atoms with Gasteiger partial charge in [0.2, 0.25) is 5.91 Å². The molecule has 0 unspecified atom stereocenters. The van der Waals surface area contributed by atoms with Crippen LogP contribution in [0.25, 0.3) is 6.08 Å². The van der Waals surface area contributed by atoms with Gasteiger partial charge in [-0.25, -0.2) is 0 Å². The van der Waals surface area contributed by atoms with E-state index in [0.29, 0.717) is 17.5 Å². The van der Waals surface area contributed by atoms with Crippen molar-refractivity contribution in [3.05, 3.63) is 41.5 Å². The van der Waals surface area contributed by atoms with Crippen molar-refractivity contribution in [3.63, 3.8) is 0 Å². The molecule has 2 rings (SSSR count). The SMILES string of the molecule is CC(C)CCN(C)C(=O)/C=C/c1ccc(C(=O)NC2CC2)cc1. The standard InChI is InChI=1S/C19H26N2O2/c1-14(2)12-13-21(3)18(22)11-6-15-4-7-16(8-5-15)19(23)20-17-9-10-17/h4-8,11,14,17H,9-10,12-13H2,1-3H3,(H,20,23)/b11-6+. The van der Waals surface area contributed by atoms with E-state index in [1.807, 2.05) is 19.2 Å². The van der Waals surface area contributed by atoms with Crippen molar-refractivity contribution in [2.24, 2.45) is 5.92 Å². The minimum absolute atomic E-state index is 0.00111. The van der Waals surface area contributed by atoms with Crippen LogP contribution in [-0.4, -0.2) is 36.3 Å². The van der Waals surface area contributed by atoms with E-state index in [1.165, 1.54) is 0 Å². The topological polar surface area (TPSA) is 49.4 Å². The van der Waals surface area contributed by atoms with Gasteiger partial charge < -0.3 is 10.2 Å². The van der Waals surface area contributed by atoms with Crippen molar-refractivity contribution in [1.29, 1.82) is 0 Å². The molecule has 4 nitrogen and oxygen atoms in total. The van der Waals surface area contributed by atoms with E-state index in [0.717, 1.165) is 31.4 Å². The molecule has 1 aliphatic rings. The Morgan fingerprint density at radius 3 is 2.48 bits per heavy atom. The van der Waals surface area contributed by atoms with E-state index in [4.69, 9.17) is 0 Å². The van der Waals surface area contributed by atoms with Crippen LogP contribution >= 0.6 is 0 Å². The van der Waals surface area contributed by atoms with Gasteiger partial charge in [0, 0.05) is 31.3 Å². The van der Waals surface area contributed by atoms with Crippen LogP contribution in [0.2, 0.25) is 0 Å². The highest BCUT2D eigenvalue weighted by molar-refractivity contribution is 5.95. The molecule has 0 bridgehead atoms. The summed E-state index contributed by atoms with van der Waals surface area (Å²) >= 11 is 0. The first-order valence-corrected chi connectivity index (χ1v) is 8.30. The number of nitrogens with one attached hydrogen (secondary N) is 1. The van der Waals surface area contributed by atoms with Crippen LogP contribution in [0, 0.1) is 5.92 Å². The summed E-state index contributed by atoms with van der Waals surface area (Å²) in [5.41, 5.74) is 1.58. The lowest BCUT2D eigenvalue weighted by molar-refractivity contribution is -0.124. The van der Waals surface area contributed by atoms with E-state index in [9.17, 15) is 9.59 Å². The van der Waals surface area contributed by atoms with Gasteiger partial charge in [-0.3, -0.25) is 9.59 Å². The van der Waals surface area contributed by atoms with Crippen LogP contribution in [-0.2, 0) is 4.79 Å². The molecule has 1 aromatic rings. The average molecular weight is 314 g/mol. The highest BCUT2D eigenvalue weighted by Gasteiger charge is 2.23. The Kier molecular flexibility index (Phi) is 5.97. The third-order valence-corrected chi connectivity index (χ3v) is 3.92. The van der Waals surface area contributed by atoms with Crippen molar-refractivity contribution < 1.29 is 9.59 Å². The molecule has 4 heteroatoms. The molecule has 0 spiro atoms. The summed E-state index contributed by atoms with van der Waals surface area (Å²) in [6.45, 7) is 5.06. The lowest BCUT2D eigenvalue weighted by Crippen LogP contribution is -2.26. The lowest BCUT2D eigenvalue weighted by Gasteiger charge is -2.16. The zero-order valence-electron chi connectivity index (χ0n) is 14.2. The fraction of sp³-hybridized carbons (Fsp3) is 0.474. The van der Waals surface area contributed by atoms with Gasteiger partial charge in [-0.2, -0.15) is 0 Å². The molecule has 0 heterocycles. The quantitative estimate of drug-likeness (QED) is 0.786. The third-order valence-electron chi connectivity index (χ3n) is 3.92. The molecule has 2 amide bonds. The maximum atomic E-state index is 12.0. The summed E-state index contributed by atoms with van der Waals surface area (Å²) in [5, 5.41) is 2.96. The molecule has 0 radical (unpaired) electrons. The van der Waals surface area contributed by atoms with Gasteiger partial charge in [-0.05, 0) is 49.0 Å². The van der Waals surface area contributed by atoms with Crippen molar-refractivity contribution in [2.75, 3.05) is 13.6 Å². The van der Waals surface area contributed by atoms with Crippen molar-refractivity contribution in [1.82, 2.24) is 10.2 Å². The first-order valence-electron chi connectivity index (χ1n) is 8.30. The predicted molar refractivity (Wildman–Crippen MR) is 93.1 cm³/mol. The van der Waals surface area contributed by atoms with E-state index in [2.05, 4.69) is 19.2 Å². The normalized spacial score (nSPS) is 14.3. The van der Waals surface area contributed by atoms with E-state index in [-0.39, 0.29) is 11.8 Å². The second kappa shape index (κ2) is 7.95. The molecule has 1 aromatic carbocycles. The Balaban J connectivity index is 1.86. The highest BCUT2D eigenvalue weighted by Crippen LogP contribution is 2.19. The molecular formula is C19H26N2O2. The van der Waals surface area contributed by atoms with Crippen LogP contribution in [0.3, 0.4) is 0 Å². The van der Waals surface area contributed by atoms with Gasteiger partial charge in [0.1, 0.15) is 0 Å². The molecule has 0 aliphatic heterocycles. The van der Waals surface area contributed by atoms with E-state index < -0.39 is 0 Å². The largest absolute Gasteiger partial charge is 0.349 e. The molecule has 0 saturated heterocycles. The van der Waals surface area contributed by atoms with Gasteiger partial charge in [-0.15, -0.1) is 0 Å². The maximum Gasteiger partial charge on any atom is 0.251 e. The Bertz CT molecular complexity index is 572. The number of carbonyl (C=O) groups excluding carboxylic acids is 2. The van der Waals surface area contributed by atoms with Gasteiger partial charge in [0.15, 0.2) is 0 Å². The predicted octanol–water partition coefficient (Wildman–Crippen LogP) is 3.10. The summed E-state index contributed by atoms with van der Waals surface area (Å²) in [5.74, 6) is 0.567. The minimum Gasteiger partial charge on any atom is -0.349 e. The molecule has 0 atom stereocenters. The fourth-order valence-electron chi connectivity index (χ4n) is 2.10. The molecule has 1 N–H and O–H groups in total. The zero-order valence-corrected chi connectivity index (χ0v) is 14.2. The minimum atomic E-state index is -0.0208. The number of amides is 2. The number of nitrogens with zero attached hydrogens (tertiary/aromatic N) is 1. The summed E-state index contributed by atoms with van der Waals surface area (Å²) < 4.78 is 0. The number of benzene rings is 1. The average Bonchev–Trinajstić information content (AvgIpc) is 3.34. The number of hydrogen-bond donors (Lipinski definition) is 1. The summed E-state index contributed by atoms with van der Waals surface area (Å²) in [7, 11) is 1.82.